The maximum atomic E-state index is 12.1. The van der Waals surface area contributed by atoms with E-state index >= 15 is 0 Å². The van der Waals surface area contributed by atoms with Crippen molar-refractivity contribution < 1.29 is 9.90 Å². The van der Waals surface area contributed by atoms with E-state index in [1.807, 2.05) is 12.1 Å². The molecular weight excluding hydrogens is 286 g/mol. The highest BCUT2D eigenvalue weighted by Crippen LogP contribution is 2.24. The lowest BCUT2D eigenvalue weighted by Gasteiger charge is -2.07. The van der Waals surface area contributed by atoms with E-state index in [1.54, 1.807) is 36.5 Å². The van der Waals surface area contributed by atoms with Gasteiger partial charge in [-0.3, -0.25) is 4.79 Å². The zero-order valence-corrected chi connectivity index (χ0v) is 11.7. The molecule has 0 unspecified atom stereocenters. The molecule has 5 nitrogen and oxygen atoms in total. The SMILES string of the molecule is O=C(Nc1ccc(-c2cnns2)cc1)c1ccccc1O. The van der Waals surface area contributed by atoms with Crippen LogP contribution < -0.4 is 5.32 Å². The lowest BCUT2D eigenvalue weighted by Crippen LogP contribution is -2.11. The molecule has 0 saturated carbocycles. The summed E-state index contributed by atoms with van der Waals surface area (Å²) >= 11 is 1.31. The molecule has 1 aromatic heterocycles. The number of anilines is 1. The van der Waals surface area contributed by atoms with Gasteiger partial charge in [0.25, 0.3) is 5.91 Å². The summed E-state index contributed by atoms with van der Waals surface area (Å²) < 4.78 is 3.81. The van der Waals surface area contributed by atoms with Gasteiger partial charge in [0.2, 0.25) is 0 Å². The van der Waals surface area contributed by atoms with E-state index in [0.717, 1.165) is 10.4 Å². The Labute approximate surface area is 125 Å². The zero-order valence-electron chi connectivity index (χ0n) is 10.9. The Morgan fingerprint density at radius 3 is 2.52 bits per heavy atom. The molecule has 3 aromatic rings. The topological polar surface area (TPSA) is 75.1 Å². The van der Waals surface area contributed by atoms with Gasteiger partial charge in [0.05, 0.1) is 16.6 Å². The normalized spacial score (nSPS) is 10.3. The molecule has 0 atom stereocenters. The highest BCUT2D eigenvalue weighted by atomic mass is 32.1. The van der Waals surface area contributed by atoms with E-state index in [0.29, 0.717) is 5.69 Å². The lowest BCUT2D eigenvalue weighted by molar-refractivity contribution is 0.102. The molecular formula is C15H11N3O2S. The molecule has 0 aliphatic rings. The van der Waals surface area contributed by atoms with E-state index < -0.39 is 0 Å². The minimum absolute atomic E-state index is 0.0395. The number of benzene rings is 2. The molecule has 0 fully saturated rings. The Balaban J connectivity index is 1.77. The van der Waals surface area contributed by atoms with Crippen LogP contribution in [0.1, 0.15) is 10.4 Å². The van der Waals surface area contributed by atoms with Crippen LogP contribution in [0.25, 0.3) is 10.4 Å². The summed E-state index contributed by atoms with van der Waals surface area (Å²) in [5.41, 5.74) is 1.89. The third-order valence-corrected chi connectivity index (χ3v) is 3.65. The standard InChI is InChI=1S/C15H11N3O2S/c19-13-4-2-1-3-12(13)15(20)17-11-7-5-10(6-8-11)14-9-16-18-21-14/h1-9,19H,(H,17,20). The van der Waals surface area contributed by atoms with Crippen LogP contribution in [0.3, 0.4) is 0 Å². The summed E-state index contributed by atoms with van der Waals surface area (Å²) in [4.78, 5) is 13.0. The van der Waals surface area contributed by atoms with Crippen molar-refractivity contribution >= 4 is 23.1 Å². The Morgan fingerprint density at radius 1 is 1.10 bits per heavy atom. The molecule has 0 radical (unpaired) electrons. The van der Waals surface area contributed by atoms with Crippen molar-refractivity contribution in [2.24, 2.45) is 0 Å². The number of phenols is 1. The molecule has 2 aromatic carbocycles. The molecule has 2 N–H and O–H groups in total. The molecule has 6 heteroatoms. The van der Waals surface area contributed by atoms with Gasteiger partial charge < -0.3 is 10.4 Å². The van der Waals surface area contributed by atoms with Crippen LogP contribution in [-0.2, 0) is 0 Å². The molecule has 0 bridgehead atoms. The number of rotatable bonds is 3. The predicted octanol–water partition coefficient (Wildman–Crippen LogP) is 3.16. The second-order valence-corrected chi connectivity index (χ2v) is 5.12. The minimum Gasteiger partial charge on any atom is -0.507 e. The molecule has 3 rings (SSSR count). The average Bonchev–Trinajstić information content (AvgIpc) is 3.02. The van der Waals surface area contributed by atoms with Crippen molar-refractivity contribution in [1.82, 2.24) is 9.59 Å². The van der Waals surface area contributed by atoms with Gasteiger partial charge in [0, 0.05) is 5.69 Å². The first-order valence-electron chi connectivity index (χ1n) is 6.21. The third kappa shape index (κ3) is 2.90. The van der Waals surface area contributed by atoms with Gasteiger partial charge in [-0.05, 0) is 41.4 Å². The first-order chi connectivity index (χ1) is 10.2. The Kier molecular flexibility index (Phi) is 3.61. The Hall–Kier alpha value is -2.73. The molecule has 0 aliphatic heterocycles. The largest absolute Gasteiger partial charge is 0.507 e. The smallest absolute Gasteiger partial charge is 0.259 e. The molecule has 21 heavy (non-hydrogen) atoms. The summed E-state index contributed by atoms with van der Waals surface area (Å²) in [5.74, 6) is -0.386. The zero-order chi connectivity index (χ0) is 14.7. The van der Waals surface area contributed by atoms with Gasteiger partial charge in [-0.25, -0.2) is 0 Å². The number of hydrogen-bond acceptors (Lipinski definition) is 5. The van der Waals surface area contributed by atoms with Gasteiger partial charge in [0.15, 0.2) is 0 Å². The van der Waals surface area contributed by atoms with E-state index in [-0.39, 0.29) is 17.2 Å². The first-order valence-corrected chi connectivity index (χ1v) is 6.98. The van der Waals surface area contributed by atoms with Gasteiger partial charge >= 0.3 is 0 Å². The number of aromatic nitrogens is 2. The fourth-order valence-corrected chi connectivity index (χ4v) is 2.39. The van der Waals surface area contributed by atoms with E-state index in [4.69, 9.17) is 0 Å². The molecule has 0 spiro atoms. The van der Waals surface area contributed by atoms with Gasteiger partial charge in [-0.1, -0.05) is 28.8 Å². The highest BCUT2D eigenvalue weighted by Gasteiger charge is 2.10. The number of nitrogens with one attached hydrogen (secondary N) is 1. The van der Waals surface area contributed by atoms with Crippen molar-refractivity contribution in [3.8, 4) is 16.2 Å². The quantitative estimate of drug-likeness (QED) is 0.778. The van der Waals surface area contributed by atoms with Crippen LogP contribution in [0.4, 0.5) is 5.69 Å². The van der Waals surface area contributed by atoms with Crippen LogP contribution in [0.15, 0.2) is 54.7 Å². The second-order valence-electron chi connectivity index (χ2n) is 4.33. The Bertz CT molecular complexity index is 755. The number of amides is 1. The summed E-state index contributed by atoms with van der Waals surface area (Å²) in [6.45, 7) is 0. The van der Waals surface area contributed by atoms with E-state index in [9.17, 15) is 9.90 Å². The van der Waals surface area contributed by atoms with Crippen LogP contribution in [0.2, 0.25) is 0 Å². The second kappa shape index (κ2) is 5.72. The number of phenolic OH excluding ortho intramolecular Hbond substituents is 1. The maximum absolute atomic E-state index is 12.1. The third-order valence-electron chi connectivity index (χ3n) is 2.94. The van der Waals surface area contributed by atoms with Crippen LogP contribution in [0.5, 0.6) is 5.75 Å². The van der Waals surface area contributed by atoms with Crippen LogP contribution in [-0.4, -0.2) is 20.6 Å². The molecule has 1 amide bonds. The van der Waals surface area contributed by atoms with Crippen LogP contribution in [0, 0.1) is 0 Å². The van der Waals surface area contributed by atoms with Crippen molar-refractivity contribution in [1.29, 1.82) is 0 Å². The average molecular weight is 297 g/mol. The summed E-state index contributed by atoms with van der Waals surface area (Å²) in [6.07, 6.45) is 1.69. The number of carbonyl (C=O) groups is 1. The molecule has 0 aliphatic carbocycles. The lowest BCUT2D eigenvalue weighted by atomic mass is 10.1. The predicted molar refractivity (Wildman–Crippen MR) is 81.4 cm³/mol. The monoisotopic (exact) mass is 297 g/mol. The highest BCUT2D eigenvalue weighted by molar-refractivity contribution is 7.09. The Morgan fingerprint density at radius 2 is 1.86 bits per heavy atom. The first kappa shape index (κ1) is 13.3. The van der Waals surface area contributed by atoms with Crippen molar-refractivity contribution in [3.63, 3.8) is 0 Å². The van der Waals surface area contributed by atoms with Crippen molar-refractivity contribution in [2.75, 3.05) is 5.32 Å². The number of nitrogens with zero attached hydrogens (tertiary/aromatic N) is 2. The molecule has 1 heterocycles. The fraction of sp³-hybridized carbons (Fsp3) is 0. The van der Waals surface area contributed by atoms with Gasteiger partial charge in [-0.2, -0.15) is 0 Å². The number of para-hydroxylation sites is 1. The molecule has 0 saturated heterocycles. The minimum atomic E-state index is -0.347. The van der Waals surface area contributed by atoms with Gasteiger partial charge in [-0.15, -0.1) is 5.10 Å². The fourth-order valence-electron chi connectivity index (χ4n) is 1.88. The van der Waals surface area contributed by atoms with Gasteiger partial charge in [0.1, 0.15) is 5.75 Å². The molecule has 104 valence electrons. The van der Waals surface area contributed by atoms with E-state index in [2.05, 4.69) is 14.9 Å². The number of hydrogen-bond donors (Lipinski definition) is 2. The van der Waals surface area contributed by atoms with E-state index in [1.165, 1.54) is 17.6 Å². The number of carbonyl (C=O) groups excluding carboxylic acids is 1. The van der Waals surface area contributed by atoms with Crippen molar-refractivity contribution in [3.05, 3.63) is 60.3 Å². The summed E-state index contributed by atoms with van der Waals surface area (Å²) in [5, 5.41) is 16.2. The maximum Gasteiger partial charge on any atom is 0.259 e. The number of aromatic hydroxyl groups is 1. The van der Waals surface area contributed by atoms with Crippen LogP contribution >= 0.6 is 11.5 Å². The van der Waals surface area contributed by atoms with Crippen molar-refractivity contribution in [2.45, 2.75) is 0 Å². The summed E-state index contributed by atoms with van der Waals surface area (Å²) in [7, 11) is 0. The summed E-state index contributed by atoms with van der Waals surface area (Å²) in [6, 6.07) is 13.8.